The Morgan fingerprint density at radius 1 is 1.33 bits per heavy atom. The van der Waals surface area contributed by atoms with E-state index in [0.717, 1.165) is 11.8 Å². The van der Waals surface area contributed by atoms with Crippen LogP contribution in [-0.2, 0) is 14.6 Å². The fraction of sp³-hybridized carbons (Fsp3) is 0.400. The van der Waals surface area contributed by atoms with E-state index in [0.29, 0.717) is 12.0 Å². The Labute approximate surface area is 157 Å². The zero-order chi connectivity index (χ0) is 19.4. The van der Waals surface area contributed by atoms with Gasteiger partial charge in [0, 0.05) is 11.6 Å². The van der Waals surface area contributed by atoms with Crippen LogP contribution in [0, 0.1) is 0 Å². The van der Waals surface area contributed by atoms with Crippen LogP contribution >= 0.6 is 11.8 Å². The Balaban J connectivity index is 1.51. The van der Waals surface area contributed by atoms with Crippen molar-refractivity contribution >= 4 is 27.5 Å². The van der Waals surface area contributed by atoms with Crippen molar-refractivity contribution in [3.8, 4) is 17.2 Å². The lowest BCUT2D eigenvalue weighted by Crippen LogP contribution is -2.36. The van der Waals surface area contributed by atoms with E-state index >= 15 is 0 Å². The lowest BCUT2D eigenvalue weighted by Gasteiger charge is -2.09. The smallest absolute Gasteiger partial charge is 0.387 e. The van der Waals surface area contributed by atoms with Gasteiger partial charge in [0.15, 0.2) is 9.84 Å². The zero-order valence-corrected chi connectivity index (χ0v) is 15.4. The Morgan fingerprint density at radius 3 is 2.70 bits per heavy atom. The van der Waals surface area contributed by atoms with Crippen molar-refractivity contribution in [3.63, 3.8) is 0 Å². The number of alkyl halides is 2. The number of carbonyl (C=O) groups excluding carboxylic acids is 1. The van der Waals surface area contributed by atoms with Gasteiger partial charge in [-0.1, -0.05) is 11.8 Å². The lowest BCUT2D eigenvalue weighted by atomic mass is 10.2. The minimum atomic E-state index is -3.06. The normalized spacial score (nSPS) is 18.6. The molecule has 8 nitrogen and oxygen atoms in total. The number of sulfone groups is 1. The van der Waals surface area contributed by atoms with Gasteiger partial charge < -0.3 is 14.5 Å². The van der Waals surface area contributed by atoms with Gasteiger partial charge in [-0.15, -0.1) is 10.2 Å². The van der Waals surface area contributed by atoms with E-state index in [9.17, 15) is 22.0 Å². The van der Waals surface area contributed by atoms with Gasteiger partial charge in [0.25, 0.3) is 5.22 Å². The average molecular weight is 419 g/mol. The molecular formula is C15H15F2N3O5S2. The molecule has 0 spiro atoms. The SMILES string of the molecule is O=C(CSc1nnc(-c2ccc(OC(F)F)cc2)o1)N[C@@H]1CCS(=O)(=O)C1. The maximum Gasteiger partial charge on any atom is 0.387 e. The van der Waals surface area contributed by atoms with Gasteiger partial charge in [-0.25, -0.2) is 8.42 Å². The third kappa shape index (κ3) is 5.63. The second kappa shape index (κ2) is 8.21. The van der Waals surface area contributed by atoms with Crippen LogP contribution in [0.1, 0.15) is 6.42 Å². The van der Waals surface area contributed by atoms with Crippen molar-refractivity contribution in [2.45, 2.75) is 24.3 Å². The maximum absolute atomic E-state index is 12.1. The molecule has 27 heavy (non-hydrogen) atoms. The summed E-state index contributed by atoms with van der Waals surface area (Å²) < 4.78 is 56.7. The largest absolute Gasteiger partial charge is 0.435 e. The van der Waals surface area contributed by atoms with Gasteiger partial charge in [0.2, 0.25) is 11.8 Å². The number of ether oxygens (including phenoxy) is 1. The van der Waals surface area contributed by atoms with Crippen molar-refractivity contribution < 1.29 is 31.1 Å². The van der Waals surface area contributed by atoms with Gasteiger partial charge >= 0.3 is 6.61 Å². The first kappa shape index (κ1) is 19.5. The summed E-state index contributed by atoms with van der Waals surface area (Å²) in [5.74, 6) is -0.106. The summed E-state index contributed by atoms with van der Waals surface area (Å²) in [4.78, 5) is 11.9. The van der Waals surface area contributed by atoms with Crippen LogP contribution in [0.4, 0.5) is 8.78 Å². The maximum atomic E-state index is 12.1. The van der Waals surface area contributed by atoms with Crippen LogP contribution in [0.2, 0.25) is 0 Å². The van der Waals surface area contributed by atoms with Gasteiger partial charge in [0.1, 0.15) is 5.75 Å². The number of aromatic nitrogens is 2. The standard InChI is InChI=1S/C15H15F2N3O5S2/c16-14(17)24-11-3-1-9(2-4-11)13-19-20-15(25-13)26-7-12(21)18-10-5-6-27(22,23)8-10/h1-4,10,14H,5-8H2,(H,18,21)/t10-/m1/s1. The van der Waals surface area contributed by atoms with Gasteiger partial charge in [-0.05, 0) is 30.7 Å². The monoisotopic (exact) mass is 419 g/mol. The third-order valence-corrected chi connectivity index (χ3v) is 6.24. The molecule has 1 aromatic carbocycles. The second-order valence-electron chi connectivity index (χ2n) is 5.73. The molecule has 2 aromatic rings. The fourth-order valence-corrected chi connectivity index (χ4v) is 4.72. The first-order valence-electron chi connectivity index (χ1n) is 7.82. The van der Waals surface area contributed by atoms with E-state index in [-0.39, 0.29) is 46.1 Å². The van der Waals surface area contributed by atoms with Crippen molar-refractivity contribution in [2.75, 3.05) is 17.3 Å². The highest BCUT2D eigenvalue weighted by atomic mass is 32.2. The Bertz CT molecular complexity index is 902. The van der Waals surface area contributed by atoms with Crippen molar-refractivity contribution in [1.29, 1.82) is 0 Å². The van der Waals surface area contributed by atoms with Crippen LogP contribution in [0.25, 0.3) is 11.5 Å². The highest BCUT2D eigenvalue weighted by Gasteiger charge is 2.28. The number of benzene rings is 1. The molecule has 1 atom stereocenters. The zero-order valence-electron chi connectivity index (χ0n) is 13.8. The molecule has 0 radical (unpaired) electrons. The van der Waals surface area contributed by atoms with Crippen LogP contribution in [0.3, 0.4) is 0 Å². The Kier molecular flexibility index (Phi) is 5.95. The van der Waals surface area contributed by atoms with E-state index in [4.69, 9.17) is 4.42 Å². The molecule has 1 fully saturated rings. The summed E-state index contributed by atoms with van der Waals surface area (Å²) in [5.41, 5.74) is 0.511. The molecule has 0 unspecified atom stereocenters. The molecule has 1 amide bonds. The summed E-state index contributed by atoms with van der Waals surface area (Å²) in [7, 11) is -3.06. The van der Waals surface area contributed by atoms with E-state index in [2.05, 4.69) is 20.3 Å². The number of nitrogens with one attached hydrogen (secondary N) is 1. The Hall–Kier alpha value is -2.21. The minimum absolute atomic E-state index is 0.000648. The summed E-state index contributed by atoms with van der Waals surface area (Å²) in [5, 5.41) is 10.5. The quantitative estimate of drug-likeness (QED) is 0.676. The van der Waals surface area contributed by atoms with E-state index < -0.39 is 16.4 Å². The van der Waals surface area contributed by atoms with Gasteiger partial charge in [0.05, 0.1) is 17.3 Å². The van der Waals surface area contributed by atoms with Gasteiger partial charge in [-0.2, -0.15) is 8.78 Å². The summed E-state index contributed by atoms with van der Waals surface area (Å²) in [6.45, 7) is -2.90. The fourth-order valence-electron chi connectivity index (χ4n) is 2.47. The predicted octanol–water partition coefficient (Wildman–Crippen LogP) is 1.73. The molecule has 3 rings (SSSR count). The number of hydrogen-bond donors (Lipinski definition) is 1. The first-order chi connectivity index (χ1) is 12.8. The molecule has 0 saturated carbocycles. The Morgan fingerprint density at radius 2 is 2.07 bits per heavy atom. The highest BCUT2D eigenvalue weighted by molar-refractivity contribution is 7.99. The molecule has 0 aliphatic carbocycles. The second-order valence-corrected chi connectivity index (χ2v) is 8.89. The molecule has 1 aromatic heterocycles. The number of rotatable bonds is 7. The molecule has 12 heteroatoms. The van der Waals surface area contributed by atoms with E-state index in [1.807, 2.05) is 0 Å². The number of amides is 1. The average Bonchev–Trinajstić information content (AvgIpc) is 3.19. The molecule has 1 aliphatic heterocycles. The third-order valence-electron chi connectivity index (χ3n) is 3.66. The van der Waals surface area contributed by atoms with E-state index in [1.54, 1.807) is 0 Å². The number of nitrogens with zero attached hydrogens (tertiary/aromatic N) is 2. The first-order valence-corrected chi connectivity index (χ1v) is 10.6. The molecule has 1 N–H and O–H groups in total. The predicted molar refractivity (Wildman–Crippen MR) is 92.3 cm³/mol. The summed E-state index contributed by atoms with van der Waals surface area (Å²) in [6, 6.07) is 5.32. The highest BCUT2D eigenvalue weighted by Crippen LogP contribution is 2.25. The van der Waals surface area contributed by atoms with Crippen LogP contribution in [-0.4, -0.2) is 54.4 Å². The van der Waals surface area contributed by atoms with Crippen molar-refractivity contribution in [1.82, 2.24) is 15.5 Å². The topological polar surface area (TPSA) is 111 Å². The number of carbonyl (C=O) groups is 1. The number of thioether (sulfide) groups is 1. The van der Waals surface area contributed by atoms with Crippen LogP contribution in [0.5, 0.6) is 5.75 Å². The number of hydrogen-bond acceptors (Lipinski definition) is 8. The van der Waals surface area contributed by atoms with Crippen LogP contribution < -0.4 is 10.1 Å². The molecule has 2 heterocycles. The minimum Gasteiger partial charge on any atom is -0.435 e. The molecule has 0 bridgehead atoms. The molecule has 1 aliphatic rings. The lowest BCUT2D eigenvalue weighted by molar-refractivity contribution is -0.119. The molecular weight excluding hydrogens is 404 g/mol. The van der Waals surface area contributed by atoms with Crippen molar-refractivity contribution in [2.24, 2.45) is 0 Å². The molecule has 1 saturated heterocycles. The summed E-state index contributed by atoms with van der Waals surface area (Å²) >= 11 is 1.01. The summed E-state index contributed by atoms with van der Waals surface area (Å²) in [6.07, 6.45) is 0.411. The van der Waals surface area contributed by atoms with Crippen LogP contribution in [0.15, 0.2) is 33.9 Å². The van der Waals surface area contributed by atoms with E-state index in [1.165, 1.54) is 24.3 Å². The molecule has 146 valence electrons. The van der Waals surface area contributed by atoms with Crippen molar-refractivity contribution in [3.05, 3.63) is 24.3 Å². The van der Waals surface area contributed by atoms with Gasteiger partial charge in [-0.3, -0.25) is 4.79 Å². The number of halogens is 2.